The molecular weight excluding hydrogens is 712 g/mol. The smallest absolute Gasteiger partial charge is 0.183 e. The van der Waals surface area contributed by atoms with E-state index >= 15 is 0 Å². The Morgan fingerprint density at radius 3 is 1.29 bits per heavy atom. The zero-order chi connectivity index (χ0) is 32.2. The molecule has 0 aliphatic heterocycles. The van der Waals surface area contributed by atoms with Crippen LogP contribution in [0.3, 0.4) is 0 Å². The first-order valence-electron chi connectivity index (χ1n) is 13.9. The maximum Gasteiger partial charge on any atom is 0.183 e. The molecule has 0 aliphatic rings. The summed E-state index contributed by atoms with van der Waals surface area (Å²) in [5, 5.41) is 0. The van der Waals surface area contributed by atoms with Gasteiger partial charge in [0.2, 0.25) is 0 Å². The van der Waals surface area contributed by atoms with Crippen molar-refractivity contribution in [3.05, 3.63) is 91.8 Å². The Hall–Kier alpha value is -1.44. The predicted molar refractivity (Wildman–Crippen MR) is 184 cm³/mol. The number of hydrogen-bond donors (Lipinski definition) is 0. The van der Waals surface area contributed by atoms with Gasteiger partial charge in [-0.25, -0.2) is 0 Å². The number of rotatable bonds is 0. The largest absolute Gasteiger partial charge is 0.472 e. The molecule has 4 rings (SSSR count). The molecule has 7 heteroatoms. The summed E-state index contributed by atoms with van der Waals surface area (Å²) >= 11 is 9.92. The lowest BCUT2D eigenvalue weighted by Crippen LogP contribution is -2.08. The molecule has 4 nitrogen and oxygen atoms in total. The molecule has 0 radical (unpaired) electrons. The van der Waals surface area contributed by atoms with Gasteiger partial charge in [-0.15, -0.1) is 0 Å². The van der Waals surface area contributed by atoms with Crippen molar-refractivity contribution in [2.45, 2.75) is 119 Å². The van der Waals surface area contributed by atoms with Crippen LogP contribution in [0.15, 0.2) is 86.7 Å². The minimum absolute atomic E-state index is 0.0779. The molecule has 4 aromatic heterocycles. The van der Waals surface area contributed by atoms with E-state index in [2.05, 4.69) is 131 Å². The van der Waals surface area contributed by atoms with E-state index in [1.807, 2.05) is 50.2 Å². The maximum atomic E-state index is 5.45. The van der Waals surface area contributed by atoms with Crippen LogP contribution in [0.4, 0.5) is 0 Å². The molecule has 0 saturated carbocycles. The quantitative estimate of drug-likeness (QED) is 0.179. The molecule has 0 aliphatic carbocycles. The Bertz CT molecular complexity index is 1140. The van der Waals surface area contributed by atoms with Crippen molar-refractivity contribution in [3.63, 3.8) is 0 Å². The summed E-state index contributed by atoms with van der Waals surface area (Å²) in [5.41, 5.74) is 1.83. The third kappa shape index (κ3) is 15.6. The van der Waals surface area contributed by atoms with E-state index in [1.165, 1.54) is 5.56 Å². The van der Waals surface area contributed by atoms with Crippen molar-refractivity contribution in [1.82, 2.24) is 0 Å². The molecule has 0 saturated heterocycles. The van der Waals surface area contributed by atoms with Gasteiger partial charge in [0.05, 0.1) is 23.3 Å². The molecule has 0 unspecified atom stereocenters. The molecule has 0 spiro atoms. The van der Waals surface area contributed by atoms with E-state index in [4.69, 9.17) is 17.7 Å². The monoisotopic (exact) mass is 760 g/mol. The van der Waals surface area contributed by atoms with E-state index in [0.717, 1.165) is 31.1 Å². The molecule has 4 aromatic rings. The maximum absolute atomic E-state index is 5.45. The lowest BCUT2D eigenvalue weighted by atomic mass is 9.89. The summed E-state index contributed by atoms with van der Waals surface area (Å²) in [6, 6.07) is 11.8. The van der Waals surface area contributed by atoms with Crippen LogP contribution in [0, 0.1) is 0 Å². The third-order valence-corrected chi connectivity index (χ3v) is 7.48. The lowest BCUT2D eigenvalue weighted by Gasteiger charge is -2.14. The number of hydrogen-bond acceptors (Lipinski definition) is 4. The summed E-state index contributed by atoms with van der Waals surface area (Å²) in [6.07, 6.45) is 5.21. The van der Waals surface area contributed by atoms with Crippen molar-refractivity contribution in [2.24, 2.45) is 0 Å². The molecule has 232 valence electrons. The highest BCUT2D eigenvalue weighted by Gasteiger charge is 2.20. The molecule has 41 heavy (non-hydrogen) atoms. The first-order valence-corrected chi connectivity index (χ1v) is 16.3. The van der Waals surface area contributed by atoms with E-state index in [1.54, 1.807) is 18.8 Å². The highest BCUT2D eigenvalue weighted by molar-refractivity contribution is 9.13. The molecule has 0 aromatic carbocycles. The summed E-state index contributed by atoms with van der Waals surface area (Å²) in [7, 11) is 0. The van der Waals surface area contributed by atoms with Crippen molar-refractivity contribution in [3.8, 4) is 0 Å². The second-order valence-corrected chi connectivity index (χ2v) is 15.7. The van der Waals surface area contributed by atoms with Gasteiger partial charge in [-0.3, -0.25) is 0 Å². The van der Waals surface area contributed by atoms with Crippen molar-refractivity contribution >= 4 is 47.8 Å². The van der Waals surface area contributed by atoms with Gasteiger partial charge in [0.25, 0.3) is 0 Å². The van der Waals surface area contributed by atoms with E-state index in [9.17, 15) is 0 Å². The summed E-state index contributed by atoms with van der Waals surface area (Å²) < 4.78 is 23.5. The first-order chi connectivity index (χ1) is 18.6. The average Bonchev–Trinajstić information content (AvgIpc) is 3.63. The highest BCUT2D eigenvalue weighted by Crippen LogP contribution is 2.33. The topological polar surface area (TPSA) is 52.6 Å². The Balaban J connectivity index is 0.000000511. The molecule has 0 amide bonds. The zero-order valence-electron chi connectivity index (χ0n) is 27.5. The predicted octanol–water partition coefficient (Wildman–Crippen LogP) is 13.6. The minimum Gasteiger partial charge on any atom is -0.472 e. The molecule has 0 N–H and O–H groups in total. The van der Waals surface area contributed by atoms with Crippen LogP contribution in [-0.4, -0.2) is 0 Å². The molecule has 4 heterocycles. The fourth-order valence-corrected chi connectivity index (χ4v) is 3.71. The molecular formula is C34H51Br3O4. The van der Waals surface area contributed by atoms with Crippen LogP contribution < -0.4 is 0 Å². The molecule has 0 bridgehead atoms. The van der Waals surface area contributed by atoms with Gasteiger partial charge in [0.15, 0.2) is 9.34 Å². The Labute approximate surface area is 274 Å². The second-order valence-electron chi connectivity index (χ2n) is 13.3. The fourth-order valence-electron chi connectivity index (χ4n) is 2.83. The summed E-state index contributed by atoms with van der Waals surface area (Å²) in [6.45, 7) is 29.6. The Kier molecular flexibility index (Phi) is 16.4. The van der Waals surface area contributed by atoms with Crippen LogP contribution in [0.2, 0.25) is 0 Å². The second kappa shape index (κ2) is 17.0. The third-order valence-electron chi connectivity index (χ3n) is 5.34. The van der Waals surface area contributed by atoms with Gasteiger partial charge >= 0.3 is 0 Å². The number of halogens is 3. The van der Waals surface area contributed by atoms with Crippen molar-refractivity contribution < 1.29 is 17.7 Å². The van der Waals surface area contributed by atoms with Crippen LogP contribution in [-0.2, 0) is 21.7 Å². The van der Waals surface area contributed by atoms with Gasteiger partial charge in [-0.1, -0.05) is 96.9 Å². The van der Waals surface area contributed by atoms with E-state index < -0.39 is 0 Å². The summed E-state index contributed by atoms with van der Waals surface area (Å²) in [5.74, 6) is 3.04. The van der Waals surface area contributed by atoms with Crippen molar-refractivity contribution in [1.29, 1.82) is 0 Å². The number of furan rings is 4. The average molecular weight is 763 g/mol. The van der Waals surface area contributed by atoms with E-state index in [-0.39, 0.29) is 21.7 Å². The van der Waals surface area contributed by atoms with Crippen LogP contribution in [0.5, 0.6) is 0 Å². The van der Waals surface area contributed by atoms with Gasteiger partial charge in [0.1, 0.15) is 17.3 Å². The minimum atomic E-state index is 0.0779. The van der Waals surface area contributed by atoms with Crippen LogP contribution in [0.1, 0.15) is 120 Å². The van der Waals surface area contributed by atoms with Crippen molar-refractivity contribution in [2.75, 3.05) is 0 Å². The van der Waals surface area contributed by atoms with Crippen LogP contribution >= 0.6 is 47.8 Å². The Morgan fingerprint density at radius 1 is 0.561 bits per heavy atom. The lowest BCUT2D eigenvalue weighted by molar-refractivity contribution is 0.397. The molecule has 0 fully saturated rings. The van der Waals surface area contributed by atoms with Gasteiger partial charge in [0, 0.05) is 16.2 Å². The van der Waals surface area contributed by atoms with Gasteiger partial charge in [-0.05, 0) is 95.2 Å². The SMILES string of the molecule is CC.CC(C)(C)c1cc(Br)c(Br)o1.CC(C)(C)c1ccc(Br)o1.CC(C)(C)c1ccco1.CC(C)(C)c1ccoc1. The van der Waals surface area contributed by atoms with Gasteiger partial charge < -0.3 is 17.7 Å². The van der Waals surface area contributed by atoms with Crippen LogP contribution in [0.25, 0.3) is 0 Å². The highest BCUT2D eigenvalue weighted by atomic mass is 79.9. The standard InChI is InChI=1S/C8H10Br2O.C8H11BrO.2C8H12O.C2H6/c1-8(2,3)6-4-5(9)7(10)11-6;1-8(2,3)6-4-5-7(9)10-6;1-8(2,3)7-4-5-9-6-7;1-8(2,3)7-5-4-6-9-7;1-2/h4H,1-3H3;4-5H,1-3H3;2*4-6H,1-3H3;1-2H3. The zero-order valence-corrected chi connectivity index (χ0v) is 32.2. The normalized spacial score (nSPS) is 11.5. The first kappa shape index (κ1) is 39.6. The Morgan fingerprint density at radius 2 is 1.10 bits per heavy atom. The molecule has 0 atom stereocenters. The summed E-state index contributed by atoms with van der Waals surface area (Å²) in [4.78, 5) is 0. The fraction of sp³-hybridized carbons (Fsp3) is 0.529. The van der Waals surface area contributed by atoms with Gasteiger partial charge in [-0.2, -0.15) is 0 Å². The van der Waals surface area contributed by atoms with E-state index in [0.29, 0.717) is 0 Å².